The summed E-state index contributed by atoms with van der Waals surface area (Å²) in [4.78, 5) is 25.1. The second-order valence-corrected chi connectivity index (χ2v) is 12.4. The minimum Gasteiger partial charge on any atom is -0.486 e. The van der Waals surface area contributed by atoms with E-state index >= 15 is 0 Å². The number of aryl methyl sites for hydroxylation is 1. The maximum atomic E-state index is 12.7. The molecule has 0 unspecified atom stereocenters. The van der Waals surface area contributed by atoms with Gasteiger partial charge in [0.25, 0.3) is 10.1 Å². The summed E-state index contributed by atoms with van der Waals surface area (Å²) < 4.78 is 44.3. The third-order valence-electron chi connectivity index (χ3n) is 6.05. The standard InChI is InChI=1S/C31H36N2O8S/c1-21(2)32(30(34)41-31(4,5)6)26-13-10-23(11-14-26)8-9-24-12-15-27(33(35)36)28(20-24)40-18-17-25-19-22(3)7-16-29(25)42(37,38)39/h7-16,19-21H,17-18H2,1-6H3,(H,37,38,39)/b9-8+. The summed E-state index contributed by atoms with van der Waals surface area (Å²) in [5, 5.41) is 11.6. The normalized spacial score (nSPS) is 12.0. The summed E-state index contributed by atoms with van der Waals surface area (Å²) in [5.74, 6) is 0.0310. The van der Waals surface area contributed by atoms with Crippen LogP contribution in [0.15, 0.2) is 65.6 Å². The molecule has 224 valence electrons. The van der Waals surface area contributed by atoms with Gasteiger partial charge in [-0.2, -0.15) is 8.42 Å². The van der Waals surface area contributed by atoms with E-state index in [1.165, 1.54) is 18.2 Å². The van der Waals surface area contributed by atoms with Gasteiger partial charge in [0.1, 0.15) is 5.60 Å². The van der Waals surface area contributed by atoms with Crippen molar-refractivity contribution < 1.29 is 32.2 Å². The van der Waals surface area contributed by atoms with E-state index in [9.17, 15) is 27.9 Å². The van der Waals surface area contributed by atoms with Crippen LogP contribution >= 0.6 is 0 Å². The van der Waals surface area contributed by atoms with Crippen molar-refractivity contribution in [1.82, 2.24) is 0 Å². The lowest BCUT2D eigenvalue weighted by Crippen LogP contribution is -2.41. The van der Waals surface area contributed by atoms with E-state index in [4.69, 9.17) is 9.47 Å². The first-order valence-corrected chi connectivity index (χ1v) is 14.8. The van der Waals surface area contributed by atoms with E-state index in [0.717, 1.165) is 11.1 Å². The van der Waals surface area contributed by atoms with Gasteiger partial charge in [-0.15, -0.1) is 0 Å². The van der Waals surface area contributed by atoms with E-state index in [0.29, 0.717) is 16.8 Å². The Morgan fingerprint density at radius 1 is 1.02 bits per heavy atom. The van der Waals surface area contributed by atoms with Gasteiger partial charge >= 0.3 is 11.8 Å². The Hall–Kier alpha value is -4.22. The van der Waals surface area contributed by atoms with Crippen molar-refractivity contribution >= 4 is 39.7 Å². The molecule has 0 spiro atoms. The van der Waals surface area contributed by atoms with E-state index in [2.05, 4.69) is 0 Å². The predicted octanol–water partition coefficient (Wildman–Crippen LogP) is 7.09. The number of nitro groups is 1. The molecule has 0 fully saturated rings. The highest BCUT2D eigenvalue weighted by Crippen LogP contribution is 2.30. The first-order valence-electron chi connectivity index (χ1n) is 13.3. The van der Waals surface area contributed by atoms with Gasteiger partial charge in [0.15, 0.2) is 5.75 Å². The molecule has 1 amide bonds. The quantitative estimate of drug-likeness (QED) is 0.113. The number of anilines is 1. The van der Waals surface area contributed by atoms with Crippen LogP contribution in [-0.2, 0) is 21.3 Å². The molecule has 3 rings (SSSR count). The number of nitro benzene ring substituents is 1. The van der Waals surface area contributed by atoms with Crippen LogP contribution in [0.3, 0.4) is 0 Å². The van der Waals surface area contributed by atoms with Crippen LogP contribution in [0.5, 0.6) is 5.75 Å². The van der Waals surface area contributed by atoms with Crippen molar-refractivity contribution in [1.29, 1.82) is 0 Å². The zero-order chi connectivity index (χ0) is 31.2. The predicted molar refractivity (Wildman–Crippen MR) is 163 cm³/mol. The smallest absolute Gasteiger partial charge is 0.415 e. The maximum Gasteiger partial charge on any atom is 0.415 e. The van der Waals surface area contributed by atoms with Crippen molar-refractivity contribution in [3.05, 3.63) is 93.0 Å². The fourth-order valence-electron chi connectivity index (χ4n) is 4.19. The van der Waals surface area contributed by atoms with Crippen molar-refractivity contribution in [3.8, 4) is 5.75 Å². The monoisotopic (exact) mass is 596 g/mol. The van der Waals surface area contributed by atoms with E-state index < -0.39 is 26.7 Å². The highest BCUT2D eigenvalue weighted by molar-refractivity contribution is 7.85. The molecule has 3 aromatic carbocycles. The Morgan fingerprint density at radius 3 is 2.21 bits per heavy atom. The molecule has 0 radical (unpaired) electrons. The number of ether oxygens (including phenoxy) is 2. The first-order chi connectivity index (χ1) is 19.5. The Bertz CT molecular complexity index is 1570. The number of hydrogen-bond donors (Lipinski definition) is 1. The Labute approximate surface area is 246 Å². The lowest BCUT2D eigenvalue weighted by Gasteiger charge is -2.30. The molecule has 42 heavy (non-hydrogen) atoms. The Morgan fingerprint density at radius 2 is 1.64 bits per heavy atom. The molecule has 0 aliphatic carbocycles. The molecule has 0 aromatic heterocycles. The number of carbonyl (C=O) groups excluding carboxylic acids is 1. The summed E-state index contributed by atoms with van der Waals surface area (Å²) in [6, 6.07) is 16.2. The number of rotatable bonds is 10. The van der Waals surface area contributed by atoms with Gasteiger partial charge in [0.05, 0.1) is 16.4 Å². The lowest BCUT2D eigenvalue weighted by molar-refractivity contribution is -0.385. The fourth-order valence-corrected chi connectivity index (χ4v) is 4.92. The second-order valence-electron chi connectivity index (χ2n) is 11.0. The molecule has 0 aliphatic rings. The third kappa shape index (κ3) is 8.89. The molecule has 1 N–H and O–H groups in total. The number of benzene rings is 3. The number of carbonyl (C=O) groups is 1. The first kappa shape index (κ1) is 32.3. The SMILES string of the molecule is Cc1ccc(S(=O)(=O)O)c(CCOc2cc(/C=C/c3ccc(N(C(=O)OC(C)(C)C)C(C)C)cc3)ccc2[N+](=O)[O-])c1. The highest BCUT2D eigenvalue weighted by Gasteiger charge is 2.25. The van der Waals surface area contributed by atoms with Crippen LogP contribution in [0.1, 0.15) is 56.9 Å². The van der Waals surface area contributed by atoms with Gasteiger partial charge in [0.2, 0.25) is 0 Å². The molecule has 0 heterocycles. The zero-order valence-electron chi connectivity index (χ0n) is 24.5. The summed E-state index contributed by atoms with van der Waals surface area (Å²) >= 11 is 0. The fraction of sp³-hybridized carbons (Fsp3) is 0.323. The molecule has 0 saturated heterocycles. The van der Waals surface area contributed by atoms with Gasteiger partial charge in [-0.1, -0.05) is 42.0 Å². The average Bonchev–Trinajstić information content (AvgIpc) is 2.86. The van der Waals surface area contributed by atoms with Crippen LogP contribution < -0.4 is 9.64 Å². The summed E-state index contributed by atoms with van der Waals surface area (Å²) in [7, 11) is -4.43. The molecule has 11 heteroatoms. The molecule has 0 bridgehead atoms. The molecular weight excluding hydrogens is 560 g/mol. The summed E-state index contributed by atoms with van der Waals surface area (Å²) in [5.41, 5.74) is 2.47. The number of nitrogens with zero attached hydrogens (tertiary/aromatic N) is 2. The topological polar surface area (TPSA) is 136 Å². The highest BCUT2D eigenvalue weighted by atomic mass is 32.2. The molecular formula is C31H36N2O8S. The molecule has 10 nitrogen and oxygen atoms in total. The maximum absolute atomic E-state index is 12.7. The van der Waals surface area contributed by atoms with Crippen LogP contribution in [0.2, 0.25) is 0 Å². The van der Waals surface area contributed by atoms with Gasteiger partial charge in [-0.3, -0.25) is 19.6 Å². The molecule has 0 saturated carbocycles. The average molecular weight is 597 g/mol. The Balaban J connectivity index is 1.77. The van der Waals surface area contributed by atoms with Crippen molar-refractivity contribution in [2.75, 3.05) is 11.5 Å². The van der Waals surface area contributed by atoms with E-state index in [-0.39, 0.29) is 35.4 Å². The molecule has 3 aromatic rings. The van der Waals surface area contributed by atoms with Crippen molar-refractivity contribution in [3.63, 3.8) is 0 Å². The minimum absolute atomic E-state index is 0.0310. The molecule has 0 aliphatic heterocycles. The van der Waals surface area contributed by atoms with Gasteiger partial charge in [-0.05, 0) is 88.6 Å². The molecule has 0 atom stereocenters. The van der Waals surface area contributed by atoms with Crippen LogP contribution in [0, 0.1) is 17.0 Å². The number of amides is 1. The third-order valence-corrected chi connectivity index (χ3v) is 7.00. The van der Waals surface area contributed by atoms with Crippen molar-refractivity contribution in [2.24, 2.45) is 0 Å². The van der Waals surface area contributed by atoms with Crippen LogP contribution in [0.4, 0.5) is 16.2 Å². The van der Waals surface area contributed by atoms with E-state index in [1.807, 2.05) is 65.0 Å². The van der Waals surface area contributed by atoms with Crippen LogP contribution in [-0.4, -0.2) is 42.2 Å². The van der Waals surface area contributed by atoms with Gasteiger partial charge in [0, 0.05) is 24.2 Å². The van der Waals surface area contributed by atoms with Gasteiger partial charge < -0.3 is 9.47 Å². The number of hydrogen-bond acceptors (Lipinski definition) is 7. The summed E-state index contributed by atoms with van der Waals surface area (Å²) in [6.07, 6.45) is 3.27. The Kier molecular flexibility index (Phi) is 10.1. The largest absolute Gasteiger partial charge is 0.486 e. The van der Waals surface area contributed by atoms with Gasteiger partial charge in [-0.25, -0.2) is 4.79 Å². The lowest BCUT2D eigenvalue weighted by atomic mass is 10.1. The second kappa shape index (κ2) is 13.2. The zero-order valence-corrected chi connectivity index (χ0v) is 25.3. The van der Waals surface area contributed by atoms with E-state index in [1.54, 1.807) is 36.1 Å². The minimum atomic E-state index is -4.43. The van der Waals surface area contributed by atoms with Crippen LogP contribution in [0.25, 0.3) is 12.2 Å². The summed E-state index contributed by atoms with van der Waals surface area (Å²) in [6.45, 7) is 11.0. The van der Waals surface area contributed by atoms with Crippen molar-refractivity contribution in [2.45, 2.75) is 64.5 Å².